The number of carbonyl (C=O) groups is 2. The lowest BCUT2D eigenvalue weighted by molar-refractivity contribution is -0.384. The molecule has 3 rings (SSSR count). The van der Waals surface area contributed by atoms with Gasteiger partial charge in [0, 0.05) is 23.4 Å². The SMILES string of the molecule is CCCCOc1ccc(C(=O)Nc2nnc(SCC(=O)Nc3cccc([N+](=O)[O-])c3)s2)cc1. The van der Waals surface area contributed by atoms with Gasteiger partial charge in [0.25, 0.3) is 11.6 Å². The largest absolute Gasteiger partial charge is 0.494 e. The topological polar surface area (TPSA) is 136 Å². The fourth-order valence-electron chi connectivity index (χ4n) is 2.55. The number of carbonyl (C=O) groups excluding carboxylic acids is 2. The first-order valence-corrected chi connectivity index (χ1v) is 11.8. The van der Waals surface area contributed by atoms with Gasteiger partial charge in [-0.3, -0.25) is 25.0 Å². The van der Waals surface area contributed by atoms with Crippen molar-refractivity contribution in [1.82, 2.24) is 10.2 Å². The second kappa shape index (κ2) is 11.9. The molecule has 12 heteroatoms. The Morgan fingerprint density at radius 1 is 1.15 bits per heavy atom. The van der Waals surface area contributed by atoms with Crippen LogP contribution in [0.2, 0.25) is 0 Å². The molecule has 0 fully saturated rings. The zero-order valence-electron chi connectivity index (χ0n) is 17.6. The zero-order chi connectivity index (χ0) is 23.6. The standard InChI is InChI=1S/C21H21N5O5S2/c1-2-3-11-31-17-9-7-14(8-10-17)19(28)23-20-24-25-21(33-20)32-13-18(27)22-15-5-4-6-16(12-15)26(29)30/h4-10,12H,2-3,11,13H2,1H3,(H,22,27)(H,23,24,28). The maximum atomic E-state index is 12.4. The Morgan fingerprint density at radius 3 is 2.67 bits per heavy atom. The fraction of sp³-hybridized carbons (Fsp3) is 0.238. The van der Waals surface area contributed by atoms with Crippen LogP contribution in [-0.4, -0.2) is 39.3 Å². The molecule has 2 amide bonds. The molecule has 1 heterocycles. The number of unbranched alkanes of at least 4 members (excludes halogenated alkanes) is 1. The zero-order valence-corrected chi connectivity index (χ0v) is 19.3. The third kappa shape index (κ3) is 7.54. The van der Waals surface area contributed by atoms with Crippen LogP contribution in [-0.2, 0) is 4.79 Å². The lowest BCUT2D eigenvalue weighted by atomic mass is 10.2. The molecule has 0 aliphatic heterocycles. The molecule has 1 aromatic heterocycles. The Balaban J connectivity index is 1.47. The first-order valence-electron chi connectivity index (χ1n) is 9.99. The molecule has 33 heavy (non-hydrogen) atoms. The molecule has 0 bridgehead atoms. The predicted octanol–water partition coefficient (Wildman–Crippen LogP) is 4.61. The van der Waals surface area contributed by atoms with E-state index in [9.17, 15) is 19.7 Å². The van der Waals surface area contributed by atoms with Crippen molar-refractivity contribution in [3.05, 3.63) is 64.2 Å². The summed E-state index contributed by atoms with van der Waals surface area (Å²) in [5.41, 5.74) is 0.684. The molecule has 0 spiro atoms. The van der Waals surface area contributed by atoms with E-state index in [1.807, 2.05) is 0 Å². The second-order valence-electron chi connectivity index (χ2n) is 6.70. The van der Waals surface area contributed by atoms with Crippen molar-refractivity contribution in [3.8, 4) is 5.75 Å². The number of anilines is 2. The summed E-state index contributed by atoms with van der Waals surface area (Å²) < 4.78 is 6.08. The number of nitrogens with zero attached hydrogens (tertiary/aromatic N) is 3. The molecule has 3 aromatic rings. The fourth-order valence-corrected chi connectivity index (χ4v) is 4.09. The van der Waals surface area contributed by atoms with Crippen LogP contribution >= 0.6 is 23.1 Å². The molecule has 0 radical (unpaired) electrons. The van der Waals surface area contributed by atoms with Crippen molar-refractivity contribution < 1.29 is 19.2 Å². The molecule has 0 saturated heterocycles. The van der Waals surface area contributed by atoms with Crippen molar-refractivity contribution in [2.75, 3.05) is 23.0 Å². The Bertz CT molecular complexity index is 1120. The maximum Gasteiger partial charge on any atom is 0.271 e. The number of hydrogen-bond donors (Lipinski definition) is 2. The van der Waals surface area contributed by atoms with Gasteiger partial charge < -0.3 is 10.1 Å². The van der Waals surface area contributed by atoms with E-state index >= 15 is 0 Å². The molecular weight excluding hydrogens is 466 g/mol. The smallest absolute Gasteiger partial charge is 0.271 e. The first-order chi connectivity index (χ1) is 15.9. The van der Waals surface area contributed by atoms with E-state index in [4.69, 9.17) is 4.74 Å². The van der Waals surface area contributed by atoms with E-state index in [-0.39, 0.29) is 23.3 Å². The van der Waals surface area contributed by atoms with Crippen molar-refractivity contribution in [3.63, 3.8) is 0 Å². The van der Waals surface area contributed by atoms with Crippen molar-refractivity contribution in [2.45, 2.75) is 24.1 Å². The van der Waals surface area contributed by atoms with E-state index in [1.54, 1.807) is 30.3 Å². The average molecular weight is 488 g/mol. The monoisotopic (exact) mass is 487 g/mol. The van der Waals surface area contributed by atoms with E-state index < -0.39 is 4.92 Å². The normalized spacial score (nSPS) is 10.5. The van der Waals surface area contributed by atoms with Gasteiger partial charge in [0.2, 0.25) is 11.0 Å². The number of amides is 2. The third-order valence-corrected chi connectivity index (χ3v) is 6.15. The molecule has 172 valence electrons. The van der Waals surface area contributed by atoms with Gasteiger partial charge in [-0.05, 0) is 36.8 Å². The molecule has 2 N–H and O–H groups in total. The van der Waals surface area contributed by atoms with Crippen molar-refractivity contribution in [1.29, 1.82) is 0 Å². The summed E-state index contributed by atoms with van der Waals surface area (Å²) in [6.07, 6.45) is 2.02. The lowest BCUT2D eigenvalue weighted by Gasteiger charge is -2.06. The molecule has 0 atom stereocenters. The Kier molecular flexibility index (Phi) is 8.72. The summed E-state index contributed by atoms with van der Waals surface area (Å²) in [6, 6.07) is 12.5. The summed E-state index contributed by atoms with van der Waals surface area (Å²) in [6.45, 7) is 2.72. The van der Waals surface area contributed by atoms with E-state index in [0.717, 1.165) is 35.9 Å². The van der Waals surface area contributed by atoms with Crippen LogP contribution in [0.15, 0.2) is 52.9 Å². The minimum absolute atomic E-state index is 0.0325. The Morgan fingerprint density at radius 2 is 1.94 bits per heavy atom. The van der Waals surface area contributed by atoms with Crippen LogP contribution in [0.4, 0.5) is 16.5 Å². The summed E-state index contributed by atoms with van der Waals surface area (Å²) in [4.78, 5) is 34.8. The van der Waals surface area contributed by atoms with Crippen LogP contribution in [0, 0.1) is 10.1 Å². The lowest BCUT2D eigenvalue weighted by Crippen LogP contribution is -2.14. The second-order valence-corrected chi connectivity index (χ2v) is 8.90. The summed E-state index contributed by atoms with van der Waals surface area (Å²) >= 11 is 2.29. The van der Waals surface area contributed by atoms with Gasteiger partial charge in [0.1, 0.15) is 5.75 Å². The van der Waals surface area contributed by atoms with Gasteiger partial charge in [0.05, 0.1) is 17.3 Å². The molecular formula is C21H21N5O5S2. The number of nitro benzene ring substituents is 1. The van der Waals surface area contributed by atoms with Crippen LogP contribution in [0.25, 0.3) is 0 Å². The first kappa shape index (κ1) is 24.1. The van der Waals surface area contributed by atoms with Gasteiger partial charge in [-0.25, -0.2) is 0 Å². The Hall–Kier alpha value is -3.51. The predicted molar refractivity (Wildman–Crippen MR) is 127 cm³/mol. The quantitative estimate of drug-likeness (QED) is 0.132. The number of hydrogen-bond acceptors (Lipinski definition) is 9. The maximum absolute atomic E-state index is 12.4. The number of benzene rings is 2. The summed E-state index contributed by atoms with van der Waals surface area (Å²) in [5, 5.41) is 24.3. The average Bonchev–Trinajstić information content (AvgIpc) is 3.25. The van der Waals surface area contributed by atoms with Gasteiger partial charge in [0.15, 0.2) is 4.34 Å². The highest BCUT2D eigenvalue weighted by molar-refractivity contribution is 8.01. The number of aromatic nitrogens is 2. The van der Waals surface area contributed by atoms with E-state index in [1.165, 1.54) is 18.2 Å². The van der Waals surface area contributed by atoms with Gasteiger partial charge in [-0.1, -0.05) is 42.5 Å². The number of nitro groups is 1. The minimum Gasteiger partial charge on any atom is -0.494 e. The number of ether oxygens (including phenoxy) is 1. The molecule has 2 aromatic carbocycles. The molecule has 0 unspecified atom stereocenters. The van der Waals surface area contributed by atoms with Crippen molar-refractivity contribution in [2.24, 2.45) is 0 Å². The minimum atomic E-state index is -0.531. The number of rotatable bonds is 11. The van der Waals surface area contributed by atoms with E-state index in [2.05, 4.69) is 27.8 Å². The molecule has 0 saturated carbocycles. The van der Waals surface area contributed by atoms with Crippen LogP contribution in [0.3, 0.4) is 0 Å². The van der Waals surface area contributed by atoms with Crippen LogP contribution < -0.4 is 15.4 Å². The van der Waals surface area contributed by atoms with Crippen LogP contribution in [0.5, 0.6) is 5.75 Å². The highest BCUT2D eigenvalue weighted by atomic mass is 32.2. The molecule has 0 aliphatic carbocycles. The number of non-ortho nitro benzene ring substituents is 1. The highest BCUT2D eigenvalue weighted by Gasteiger charge is 2.13. The van der Waals surface area contributed by atoms with E-state index in [0.29, 0.717) is 33.1 Å². The van der Waals surface area contributed by atoms with Crippen molar-refractivity contribution >= 4 is 51.4 Å². The van der Waals surface area contributed by atoms with Gasteiger partial charge in [-0.2, -0.15) is 0 Å². The molecule has 10 nitrogen and oxygen atoms in total. The number of nitrogens with one attached hydrogen (secondary N) is 2. The molecule has 0 aliphatic rings. The summed E-state index contributed by atoms with van der Waals surface area (Å²) in [5.74, 6) is 0.0665. The van der Waals surface area contributed by atoms with Gasteiger partial charge >= 0.3 is 0 Å². The Labute approximate surface area is 197 Å². The third-order valence-electron chi connectivity index (χ3n) is 4.18. The number of thioether (sulfide) groups is 1. The highest BCUT2D eigenvalue weighted by Crippen LogP contribution is 2.26. The van der Waals surface area contributed by atoms with Crippen LogP contribution in [0.1, 0.15) is 30.1 Å². The van der Waals surface area contributed by atoms with Gasteiger partial charge in [-0.15, -0.1) is 10.2 Å². The summed E-state index contributed by atoms with van der Waals surface area (Å²) in [7, 11) is 0.